The van der Waals surface area contributed by atoms with Crippen LogP contribution in [0.25, 0.3) is 0 Å². The van der Waals surface area contributed by atoms with Crippen LogP contribution in [-0.2, 0) is 16.3 Å². The van der Waals surface area contributed by atoms with Gasteiger partial charge in [-0.2, -0.15) is 22.0 Å². The Hall–Kier alpha value is -1.53. The molecule has 0 saturated heterocycles. The molecule has 0 aromatic heterocycles. The topological polar surface area (TPSA) is 77.8 Å². The van der Waals surface area contributed by atoms with Crippen LogP contribution in [0.4, 0.5) is 26.3 Å². The Labute approximate surface area is 263 Å². The maximum absolute atomic E-state index is 14.5. The Morgan fingerprint density at radius 2 is 1.62 bits per heavy atom. The molecule has 3 aliphatic rings. The quantitative estimate of drug-likeness (QED) is 0.157. The van der Waals surface area contributed by atoms with E-state index in [0.29, 0.717) is 24.3 Å². The molecule has 0 aliphatic heterocycles. The lowest BCUT2D eigenvalue weighted by Gasteiger charge is -2.55. The molecule has 1 aromatic rings. The van der Waals surface area contributed by atoms with E-state index in [9.17, 15) is 45.0 Å². The maximum Gasteiger partial charge on any atom is 0.453 e. The van der Waals surface area contributed by atoms with Crippen molar-refractivity contribution in [3.05, 3.63) is 29.1 Å². The lowest BCUT2D eigenvalue weighted by atomic mass is 9.50. The molecular weight excluding hydrogens is 620 g/mol. The van der Waals surface area contributed by atoms with Crippen molar-refractivity contribution < 1.29 is 45.0 Å². The van der Waals surface area contributed by atoms with Crippen LogP contribution in [0.2, 0.25) is 0 Å². The van der Waals surface area contributed by atoms with Gasteiger partial charge >= 0.3 is 12.1 Å². The zero-order valence-electron chi connectivity index (χ0n) is 26.6. The molecule has 258 valence electrons. The molecule has 0 radical (unpaired) electrons. The van der Waals surface area contributed by atoms with Gasteiger partial charge < -0.3 is 15.1 Å². The van der Waals surface area contributed by atoms with Crippen LogP contribution in [0.15, 0.2) is 12.1 Å². The van der Waals surface area contributed by atoms with E-state index in [1.54, 1.807) is 6.07 Å². The molecule has 45 heavy (non-hydrogen) atoms. The van der Waals surface area contributed by atoms with Crippen molar-refractivity contribution in [1.82, 2.24) is 4.90 Å². The van der Waals surface area contributed by atoms with Gasteiger partial charge in [-0.25, -0.2) is 12.8 Å². The fraction of sp³-hybridized carbons (Fsp3) is 0.818. The summed E-state index contributed by atoms with van der Waals surface area (Å²) in [5, 5.41) is 21.4. The van der Waals surface area contributed by atoms with E-state index < -0.39 is 51.9 Å². The molecular formula is C33H49F6NO4S. The molecule has 1 aromatic carbocycles. The second-order valence-electron chi connectivity index (χ2n) is 14.5. The first-order valence-corrected chi connectivity index (χ1v) is 18.2. The molecule has 12 heteroatoms. The number of phenols is 1. The highest BCUT2D eigenvalue weighted by molar-refractivity contribution is 7.91. The van der Waals surface area contributed by atoms with Crippen molar-refractivity contribution in [2.24, 2.45) is 23.2 Å². The Morgan fingerprint density at radius 1 is 0.956 bits per heavy atom. The minimum atomic E-state index is -5.68. The van der Waals surface area contributed by atoms with Gasteiger partial charge in [0.2, 0.25) is 0 Å². The number of rotatable bonds is 14. The van der Waals surface area contributed by atoms with Crippen molar-refractivity contribution in [3.63, 3.8) is 0 Å². The lowest BCUT2D eigenvalue weighted by Crippen LogP contribution is -2.51. The third-order valence-electron chi connectivity index (χ3n) is 11.5. The van der Waals surface area contributed by atoms with Crippen LogP contribution >= 0.6 is 0 Å². The first-order chi connectivity index (χ1) is 20.8. The smallest absolute Gasteiger partial charge is 0.453 e. The number of hydrogen-bond donors (Lipinski definition) is 2. The van der Waals surface area contributed by atoms with Crippen molar-refractivity contribution in [1.29, 1.82) is 0 Å². The molecule has 6 atom stereocenters. The van der Waals surface area contributed by atoms with E-state index in [4.69, 9.17) is 0 Å². The zero-order valence-corrected chi connectivity index (χ0v) is 27.4. The van der Waals surface area contributed by atoms with Gasteiger partial charge in [0.25, 0.3) is 0 Å². The van der Waals surface area contributed by atoms with Crippen LogP contribution in [0.1, 0.15) is 102 Å². The van der Waals surface area contributed by atoms with E-state index in [0.717, 1.165) is 75.5 Å². The molecule has 0 bridgehead atoms. The Kier molecular flexibility index (Phi) is 10.9. The van der Waals surface area contributed by atoms with Crippen molar-refractivity contribution >= 4 is 9.84 Å². The summed E-state index contributed by atoms with van der Waals surface area (Å²) >= 11 is 0. The SMILES string of the molecule is CN(CCCCC[C@@H]1Cc2cc(O)c(F)cc2[C@H]2CC[C@@]3(C)[C@@H](CC[C@]3(C)O)[C@H]12)CCCS(=O)(=O)CCCC(F)(F)C(F)(F)F. The maximum atomic E-state index is 14.5. The van der Waals surface area contributed by atoms with Gasteiger partial charge in [-0.05, 0) is 137 Å². The highest BCUT2D eigenvalue weighted by atomic mass is 32.2. The molecule has 0 amide bonds. The fourth-order valence-corrected chi connectivity index (χ4v) is 10.1. The molecule has 5 nitrogen and oxygen atoms in total. The summed E-state index contributed by atoms with van der Waals surface area (Å²) in [6.07, 6.45) is 0.443. The second-order valence-corrected chi connectivity index (χ2v) is 16.8. The van der Waals surface area contributed by atoms with Crippen LogP contribution in [0.3, 0.4) is 0 Å². The van der Waals surface area contributed by atoms with Crippen LogP contribution in [0.5, 0.6) is 5.75 Å². The van der Waals surface area contributed by atoms with Crippen molar-refractivity contribution in [3.8, 4) is 5.75 Å². The second kappa shape index (κ2) is 13.5. The van der Waals surface area contributed by atoms with Crippen LogP contribution < -0.4 is 0 Å². The Bertz CT molecular complexity index is 1290. The number of hydrogen-bond acceptors (Lipinski definition) is 5. The van der Waals surface area contributed by atoms with Gasteiger partial charge in [-0.1, -0.05) is 19.8 Å². The standard InChI is InChI=1S/C33H49F6NO4S/c1-30-13-10-24-25-21-27(34)28(41)20-23(25)19-22(29(24)26(30)11-14-31(30,2)42)9-5-4-6-15-40(3)16-8-18-45(43,44)17-7-12-32(35,36)33(37,38)39/h20-22,24,26,29,41-42H,4-19H2,1-3H3/t22-,24-,26+,29-,30+,31+/m1/s1. The third-order valence-corrected chi connectivity index (χ3v) is 13.3. The van der Waals surface area contributed by atoms with Gasteiger partial charge in [-0.15, -0.1) is 0 Å². The van der Waals surface area contributed by atoms with Gasteiger partial charge in [0, 0.05) is 6.42 Å². The molecule has 0 unspecified atom stereocenters. The summed E-state index contributed by atoms with van der Waals surface area (Å²) in [6.45, 7) is 5.40. The minimum absolute atomic E-state index is 0.177. The first-order valence-electron chi connectivity index (χ1n) is 16.4. The summed E-state index contributed by atoms with van der Waals surface area (Å²) in [4.78, 5) is 2.00. The average Bonchev–Trinajstić information content (AvgIpc) is 3.16. The summed E-state index contributed by atoms with van der Waals surface area (Å²) in [5.74, 6) is -5.45. The van der Waals surface area contributed by atoms with E-state index in [-0.39, 0.29) is 29.3 Å². The number of benzene rings is 1. The summed E-state index contributed by atoms with van der Waals surface area (Å²) in [7, 11) is -1.85. The molecule has 0 heterocycles. The number of aromatic hydroxyl groups is 1. The number of fused-ring (bicyclic) bond motifs is 5. The van der Waals surface area contributed by atoms with E-state index in [1.807, 2.05) is 18.9 Å². The molecule has 2 fully saturated rings. The number of sulfone groups is 1. The highest BCUT2D eigenvalue weighted by Gasteiger charge is 2.61. The molecule has 2 saturated carbocycles. The fourth-order valence-electron chi connectivity index (χ4n) is 8.70. The minimum Gasteiger partial charge on any atom is -0.505 e. The number of halogens is 6. The Balaban J connectivity index is 1.24. The third kappa shape index (κ3) is 7.96. The van der Waals surface area contributed by atoms with E-state index in [1.165, 1.54) is 6.07 Å². The highest BCUT2D eigenvalue weighted by Crippen LogP contribution is 2.65. The van der Waals surface area contributed by atoms with E-state index >= 15 is 0 Å². The van der Waals surface area contributed by atoms with Gasteiger partial charge in [0.1, 0.15) is 9.84 Å². The number of alkyl halides is 5. The monoisotopic (exact) mass is 669 g/mol. The molecule has 3 aliphatic carbocycles. The summed E-state index contributed by atoms with van der Waals surface area (Å²) in [6, 6.07) is 3.13. The average molecular weight is 670 g/mol. The lowest BCUT2D eigenvalue weighted by molar-refractivity contribution is -0.284. The number of aliphatic hydroxyl groups is 1. The summed E-state index contributed by atoms with van der Waals surface area (Å²) < 4.78 is 102. The zero-order chi connectivity index (χ0) is 33.4. The summed E-state index contributed by atoms with van der Waals surface area (Å²) in [5.41, 5.74) is 1.14. The first kappa shape index (κ1) is 36.3. The van der Waals surface area contributed by atoms with Crippen molar-refractivity contribution in [2.75, 3.05) is 31.6 Å². The predicted octanol–water partition coefficient (Wildman–Crippen LogP) is 7.64. The van der Waals surface area contributed by atoms with E-state index in [2.05, 4.69) is 6.92 Å². The number of unbranched alkanes of at least 4 members (excludes halogenated alkanes) is 2. The van der Waals surface area contributed by atoms with Gasteiger partial charge in [0.05, 0.1) is 17.1 Å². The molecule has 0 spiro atoms. The van der Waals surface area contributed by atoms with Crippen molar-refractivity contribution in [2.45, 2.75) is 115 Å². The largest absolute Gasteiger partial charge is 0.505 e. The Morgan fingerprint density at radius 3 is 2.31 bits per heavy atom. The number of phenolic OH excluding ortho intramolecular Hbond substituents is 1. The predicted molar refractivity (Wildman–Crippen MR) is 162 cm³/mol. The van der Waals surface area contributed by atoms with Gasteiger partial charge in [0.15, 0.2) is 11.6 Å². The van der Waals surface area contributed by atoms with Crippen LogP contribution in [-0.4, -0.2) is 72.9 Å². The molecule has 2 N–H and O–H groups in total. The molecule has 4 rings (SSSR count). The number of nitrogens with zero attached hydrogens (tertiary/aromatic N) is 1. The van der Waals surface area contributed by atoms with Crippen LogP contribution in [0, 0.1) is 29.0 Å². The van der Waals surface area contributed by atoms with Gasteiger partial charge in [-0.3, -0.25) is 0 Å². The normalized spacial score (nSPS) is 30.3.